The molecule has 0 saturated carbocycles. The lowest BCUT2D eigenvalue weighted by Gasteiger charge is -2.14. The average Bonchev–Trinajstić information content (AvgIpc) is 2.73. The van der Waals surface area contributed by atoms with Crippen molar-refractivity contribution in [2.45, 2.75) is 17.7 Å². The van der Waals surface area contributed by atoms with Gasteiger partial charge in [0.1, 0.15) is 4.90 Å². The minimum atomic E-state index is -4.01. The number of carbonyl (C=O) groups is 2. The molecule has 1 aromatic heterocycles. The molecule has 3 aromatic rings. The summed E-state index contributed by atoms with van der Waals surface area (Å²) in [5, 5.41) is 0. The highest BCUT2D eigenvalue weighted by Gasteiger charge is 2.23. The summed E-state index contributed by atoms with van der Waals surface area (Å²) in [6.07, 6.45) is 2.61. The largest absolute Gasteiger partial charge is 0.289 e. The van der Waals surface area contributed by atoms with Crippen LogP contribution >= 0.6 is 0 Å². The van der Waals surface area contributed by atoms with Gasteiger partial charge in [0, 0.05) is 23.5 Å². The van der Waals surface area contributed by atoms with Gasteiger partial charge in [0.15, 0.2) is 5.78 Å². The maximum Gasteiger partial charge on any atom is 0.265 e. The van der Waals surface area contributed by atoms with E-state index < -0.39 is 21.8 Å². The smallest absolute Gasteiger partial charge is 0.265 e. The van der Waals surface area contributed by atoms with E-state index in [4.69, 9.17) is 0 Å². The van der Waals surface area contributed by atoms with Crippen LogP contribution in [0, 0.1) is 0 Å². The molecule has 7 heteroatoms. The summed E-state index contributed by atoms with van der Waals surface area (Å²) < 4.78 is 26.7. The number of amides is 1. The van der Waals surface area contributed by atoms with E-state index in [1.807, 2.05) is 6.07 Å². The second-order valence-corrected chi connectivity index (χ2v) is 7.88. The van der Waals surface area contributed by atoms with Crippen molar-refractivity contribution in [1.82, 2.24) is 9.71 Å². The summed E-state index contributed by atoms with van der Waals surface area (Å²) in [5.41, 5.74) is 1.51. The number of carbonyl (C=O) groups excluding carboxylic acids is 2. The molecule has 0 saturated heterocycles. The number of pyridine rings is 1. The molecule has 0 bridgehead atoms. The Morgan fingerprint density at radius 3 is 2.32 bits per heavy atom. The van der Waals surface area contributed by atoms with Gasteiger partial charge < -0.3 is 0 Å². The Morgan fingerprint density at radius 1 is 0.929 bits per heavy atom. The SMILES string of the molecule is C[C@@H](C(=O)NS(=O)(=O)c1cccnc1)c1cccc(C(=O)c2ccccc2)c1. The Kier molecular flexibility index (Phi) is 5.65. The van der Waals surface area contributed by atoms with E-state index in [0.717, 1.165) is 0 Å². The first-order valence-corrected chi connectivity index (χ1v) is 10.0. The molecule has 6 nitrogen and oxygen atoms in total. The lowest BCUT2D eigenvalue weighted by Crippen LogP contribution is -2.33. The van der Waals surface area contributed by atoms with Crippen molar-refractivity contribution in [3.05, 3.63) is 95.8 Å². The maximum absolute atomic E-state index is 12.6. The summed E-state index contributed by atoms with van der Waals surface area (Å²) in [6, 6.07) is 18.2. The third kappa shape index (κ3) is 4.32. The molecular weight excluding hydrogens is 376 g/mol. The first-order valence-electron chi connectivity index (χ1n) is 8.55. The van der Waals surface area contributed by atoms with Crippen molar-refractivity contribution in [1.29, 1.82) is 0 Å². The minimum Gasteiger partial charge on any atom is -0.289 e. The number of nitrogens with zero attached hydrogens (tertiary/aromatic N) is 1. The zero-order valence-corrected chi connectivity index (χ0v) is 15.9. The highest BCUT2D eigenvalue weighted by atomic mass is 32.2. The third-order valence-corrected chi connectivity index (χ3v) is 5.59. The van der Waals surface area contributed by atoms with E-state index in [2.05, 4.69) is 9.71 Å². The molecular formula is C21H18N2O4S. The Hall–Kier alpha value is -3.32. The highest BCUT2D eigenvalue weighted by Crippen LogP contribution is 2.20. The van der Waals surface area contributed by atoms with Gasteiger partial charge in [-0.05, 0) is 30.7 Å². The van der Waals surface area contributed by atoms with Crippen molar-refractivity contribution in [3.63, 3.8) is 0 Å². The fraction of sp³-hybridized carbons (Fsp3) is 0.0952. The zero-order chi connectivity index (χ0) is 20.1. The summed E-state index contributed by atoms with van der Waals surface area (Å²) in [4.78, 5) is 28.7. The van der Waals surface area contributed by atoms with Gasteiger partial charge in [-0.25, -0.2) is 13.1 Å². The number of sulfonamides is 1. The second-order valence-electron chi connectivity index (χ2n) is 6.20. The predicted molar refractivity (Wildman–Crippen MR) is 104 cm³/mol. The van der Waals surface area contributed by atoms with Gasteiger partial charge in [0.05, 0.1) is 5.92 Å². The van der Waals surface area contributed by atoms with E-state index in [-0.39, 0.29) is 10.7 Å². The molecule has 142 valence electrons. The molecule has 1 heterocycles. The van der Waals surface area contributed by atoms with Crippen LogP contribution < -0.4 is 4.72 Å². The van der Waals surface area contributed by atoms with Crippen molar-refractivity contribution < 1.29 is 18.0 Å². The first kappa shape index (κ1) is 19.4. The maximum atomic E-state index is 12.6. The van der Waals surface area contributed by atoms with Crippen molar-refractivity contribution >= 4 is 21.7 Å². The Bertz CT molecular complexity index is 1100. The monoisotopic (exact) mass is 394 g/mol. The molecule has 1 atom stereocenters. The van der Waals surface area contributed by atoms with Crippen LogP contribution in [0.15, 0.2) is 84.0 Å². The molecule has 0 aliphatic heterocycles. The van der Waals surface area contributed by atoms with Crippen LogP contribution in [0.3, 0.4) is 0 Å². The molecule has 2 aromatic carbocycles. The Morgan fingerprint density at radius 2 is 1.64 bits per heavy atom. The molecule has 0 radical (unpaired) electrons. The minimum absolute atomic E-state index is 0.0939. The van der Waals surface area contributed by atoms with Gasteiger partial charge in [0.2, 0.25) is 5.91 Å². The summed E-state index contributed by atoms with van der Waals surface area (Å²) in [7, 11) is -4.01. The van der Waals surface area contributed by atoms with Crippen LogP contribution in [0.2, 0.25) is 0 Å². The fourth-order valence-electron chi connectivity index (χ4n) is 2.64. The van der Waals surface area contributed by atoms with Crippen molar-refractivity contribution in [3.8, 4) is 0 Å². The third-order valence-electron chi connectivity index (χ3n) is 4.26. The Balaban J connectivity index is 1.80. The molecule has 0 unspecified atom stereocenters. The number of hydrogen-bond acceptors (Lipinski definition) is 5. The number of nitrogens with one attached hydrogen (secondary N) is 1. The molecule has 1 N–H and O–H groups in total. The van der Waals surface area contributed by atoms with Gasteiger partial charge in [-0.2, -0.15) is 0 Å². The number of aromatic nitrogens is 1. The quantitative estimate of drug-likeness (QED) is 0.649. The number of ketones is 1. The van der Waals surface area contributed by atoms with E-state index in [1.54, 1.807) is 55.5 Å². The van der Waals surface area contributed by atoms with Crippen LogP contribution in [0.4, 0.5) is 0 Å². The molecule has 3 rings (SSSR count). The second kappa shape index (κ2) is 8.14. The van der Waals surface area contributed by atoms with Crippen LogP contribution in [-0.4, -0.2) is 25.1 Å². The fourth-order valence-corrected chi connectivity index (χ4v) is 3.66. The normalized spacial score (nSPS) is 12.2. The van der Waals surface area contributed by atoms with Crippen molar-refractivity contribution in [2.24, 2.45) is 0 Å². The molecule has 1 amide bonds. The van der Waals surface area contributed by atoms with E-state index in [0.29, 0.717) is 16.7 Å². The van der Waals surface area contributed by atoms with E-state index in [9.17, 15) is 18.0 Å². The predicted octanol–water partition coefficient (Wildman–Crippen LogP) is 2.92. The lowest BCUT2D eigenvalue weighted by atomic mass is 9.95. The molecule has 0 spiro atoms. The highest BCUT2D eigenvalue weighted by molar-refractivity contribution is 7.90. The van der Waals surface area contributed by atoms with Gasteiger partial charge in [-0.3, -0.25) is 14.6 Å². The van der Waals surface area contributed by atoms with Gasteiger partial charge in [0.25, 0.3) is 10.0 Å². The average molecular weight is 394 g/mol. The number of rotatable bonds is 6. The summed E-state index contributed by atoms with van der Waals surface area (Å²) >= 11 is 0. The lowest BCUT2D eigenvalue weighted by molar-refractivity contribution is -0.120. The van der Waals surface area contributed by atoms with E-state index >= 15 is 0 Å². The summed E-state index contributed by atoms with van der Waals surface area (Å²) in [5.74, 6) is -1.62. The Labute approximate surface area is 163 Å². The van der Waals surface area contributed by atoms with Crippen LogP contribution in [-0.2, 0) is 14.8 Å². The van der Waals surface area contributed by atoms with Crippen molar-refractivity contribution in [2.75, 3.05) is 0 Å². The van der Waals surface area contributed by atoms with Crippen LogP contribution in [0.1, 0.15) is 34.3 Å². The van der Waals surface area contributed by atoms with Gasteiger partial charge in [-0.15, -0.1) is 0 Å². The van der Waals surface area contributed by atoms with E-state index in [1.165, 1.54) is 24.5 Å². The number of benzene rings is 2. The molecule has 0 aliphatic carbocycles. The number of hydrogen-bond donors (Lipinski definition) is 1. The van der Waals surface area contributed by atoms with Crippen LogP contribution in [0.25, 0.3) is 0 Å². The summed E-state index contributed by atoms with van der Waals surface area (Å²) in [6.45, 7) is 1.58. The molecule has 0 aliphatic rings. The standard InChI is InChI=1S/C21H18N2O4S/c1-15(21(25)23-28(26,27)19-11-6-12-22-14-19)17-9-5-10-18(13-17)20(24)16-7-3-2-4-8-16/h2-15H,1H3,(H,23,25)/t15-/m1/s1. The van der Waals surface area contributed by atoms with Gasteiger partial charge >= 0.3 is 0 Å². The first-order chi connectivity index (χ1) is 13.4. The molecule has 28 heavy (non-hydrogen) atoms. The van der Waals surface area contributed by atoms with Crippen LogP contribution in [0.5, 0.6) is 0 Å². The van der Waals surface area contributed by atoms with Gasteiger partial charge in [-0.1, -0.05) is 48.5 Å². The topological polar surface area (TPSA) is 93.2 Å². The molecule has 0 fully saturated rings. The zero-order valence-electron chi connectivity index (χ0n) is 15.1.